The van der Waals surface area contributed by atoms with Gasteiger partial charge in [0.25, 0.3) is 0 Å². The van der Waals surface area contributed by atoms with Gasteiger partial charge in [0.2, 0.25) is 0 Å². The summed E-state index contributed by atoms with van der Waals surface area (Å²) in [5.41, 5.74) is 12.5. The van der Waals surface area contributed by atoms with Gasteiger partial charge in [-0.15, -0.1) is 0 Å². The molecular weight excluding hydrogens is 188 g/mol. The number of benzene rings is 1. The minimum absolute atomic E-state index is 0.185. The summed E-state index contributed by atoms with van der Waals surface area (Å²) in [4.78, 5) is 0. The van der Waals surface area contributed by atoms with E-state index in [1.165, 1.54) is 0 Å². The Kier molecular flexibility index (Phi) is 3.72. The van der Waals surface area contributed by atoms with Crippen LogP contribution in [0.5, 0.6) is 5.75 Å². The monoisotopic (exact) mass is 208 g/mol. The van der Waals surface area contributed by atoms with Crippen LogP contribution in [0.15, 0.2) is 24.3 Å². The Bertz CT molecular complexity index is 327. The largest absolute Gasteiger partial charge is 0.508 e. The van der Waals surface area contributed by atoms with Gasteiger partial charge in [0.15, 0.2) is 0 Å². The van der Waals surface area contributed by atoms with Crippen molar-refractivity contribution in [3.05, 3.63) is 29.8 Å². The molecular formula is C12H20N2O. The molecule has 0 saturated heterocycles. The number of phenols is 1. The lowest BCUT2D eigenvalue weighted by Crippen LogP contribution is -2.45. The van der Waals surface area contributed by atoms with Crippen LogP contribution in [0, 0.1) is 5.92 Å². The summed E-state index contributed by atoms with van der Waals surface area (Å²) < 4.78 is 0. The maximum absolute atomic E-state index is 9.44. The molecule has 0 saturated carbocycles. The molecule has 0 aromatic heterocycles. The fraction of sp³-hybridized carbons (Fsp3) is 0.500. The molecule has 0 radical (unpaired) electrons. The zero-order valence-electron chi connectivity index (χ0n) is 9.40. The van der Waals surface area contributed by atoms with Crippen LogP contribution in [-0.2, 0) is 5.54 Å². The third-order valence-electron chi connectivity index (χ3n) is 3.20. The van der Waals surface area contributed by atoms with Gasteiger partial charge in [0.05, 0.1) is 0 Å². The van der Waals surface area contributed by atoms with Crippen molar-refractivity contribution in [2.24, 2.45) is 17.4 Å². The van der Waals surface area contributed by atoms with Crippen LogP contribution in [0.3, 0.4) is 0 Å². The molecule has 3 nitrogen and oxygen atoms in total. The SMILES string of the molecule is CCC(N)(c1cccc(O)c1)C(C)CN. The summed E-state index contributed by atoms with van der Waals surface area (Å²) >= 11 is 0. The molecule has 84 valence electrons. The van der Waals surface area contributed by atoms with Crippen molar-refractivity contribution in [1.29, 1.82) is 0 Å². The quantitative estimate of drug-likeness (QED) is 0.703. The summed E-state index contributed by atoms with van der Waals surface area (Å²) in [5, 5.41) is 9.44. The van der Waals surface area contributed by atoms with Crippen LogP contribution in [-0.4, -0.2) is 11.7 Å². The third kappa shape index (κ3) is 2.30. The van der Waals surface area contributed by atoms with Crippen LogP contribution in [0.1, 0.15) is 25.8 Å². The van der Waals surface area contributed by atoms with E-state index in [0.29, 0.717) is 6.54 Å². The van der Waals surface area contributed by atoms with E-state index in [0.717, 1.165) is 12.0 Å². The summed E-state index contributed by atoms with van der Waals surface area (Å²) in [6, 6.07) is 7.11. The van der Waals surface area contributed by atoms with E-state index in [9.17, 15) is 5.11 Å². The molecule has 0 heterocycles. The molecule has 2 unspecified atom stereocenters. The Morgan fingerprint density at radius 3 is 2.60 bits per heavy atom. The molecule has 1 aromatic rings. The summed E-state index contributed by atoms with van der Waals surface area (Å²) in [7, 11) is 0. The van der Waals surface area contributed by atoms with Gasteiger partial charge in [-0.1, -0.05) is 26.0 Å². The molecule has 0 spiro atoms. The van der Waals surface area contributed by atoms with Crippen LogP contribution >= 0.6 is 0 Å². The highest BCUT2D eigenvalue weighted by molar-refractivity contribution is 5.32. The summed E-state index contributed by atoms with van der Waals surface area (Å²) in [6.07, 6.45) is 0.800. The predicted octanol–water partition coefficient (Wildman–Crippen LogP) is 1.55. The van der Waals surface area contributed by atoms with Gasteiger partial charge >= 0.3 is 0 Å². The molecule has 0 aliphatic carbocycles. The molecule has 1 rings (SSSR count). The van der Waals surface area contributed by atoms with Crippen molar-refractivity contribution >= 4 is 0 Å². The van der Waals surface area contributed by atoms with Crippen LogP contribution < -0.4 is 11.5 Å². The van der Waals surface area contributed by atoms with E-state index < -0.39 is 5.54 Å². The Hall–Kier alpha value is -1.06. The number of hydrogen-bond acceptors (Lipinski definition) is 3. The summed E-state index contributed by atoms with van der Waals surface area (Å²) in [5.74, 6) is 0.435. The molecule has 0 amide bonds. The lowest BCUT2D eigenvalue weighted by Gasteiger charge is -2.34. The van der Waals surface area contributed by atoms with E-state index in [2.05, 4.69) is 0 Å². The van der Waals surface area contributed by atoms with Gasteiger partial charge in [0, 0.05) is 5.54 Å². The highest BCUT2D eigenvalue weighted by Crippen LogP contribution is 2.31. The molecule has 0 aliphatic heterocycles. The number of hydrogen-bond donors (Lipinski definition) is 3. The third-order valence-corrected chi connectivity index (χ3v) is 3.20. The minimum atomic E-state index is -0.451. The first kappa shape index (κ1) is 12.0. The second-order valence-electron chi connectivity index (χ2n) is 4.08. The first-order valence-corrected chi connectivity index (χ1v) is 5.33. The first-order chi connectivity index (χ1) is 7.04. The normalized spacial score (nSPS) is 17.1. The highest BCUT2D eigenvalue weighted by Gasteiger charge is 2.31. The fourth-order valence-corrected chi connectivity index (χ4v) is 1.84. The topological polar surface area (TPSA) is 72.3 Å². The van der Waals surface area contributed by atoms with Crippen molar-refractivity contribution in [1.82, 2.24) is 0 Å². The number of phenolic OH excluding ortho intramolecular Hbond substituents is 1. The average Bonchev–Trinajstić information content (AvgIpc) is 2.26. The number of rotatable bonds is 4. The number of nitrogens with two attached hydrogens (primary N) is 2. The maximum atomic E-state index is 9.44. The molecule has 3 heteroatoms. The second-order valence-corrected chi connectivity index (χ2v) is 4.08. The average molecular weight is 208 g/mol. The Morgan fingerprint density at radius 1 is 1.47 bits per heavy atom. The van der Waals surface area contributed by atoms with E-state index in [-0.39, 0.29) is 11.7 Å². The molecule has 15 heavy (non-hydrogen) atoms. The van der Waals surface area contributed by atoms with Crippen LogP contribution in [0.4, 0.5) is 0 Å². The Labute approximate surface area is 91.1 Å². The highest BCUT2D eigenvalue weighted by atomic mass is 16.3. The lowest BCUT2D eigenvalue weighted by atomic mass is 9.78. The second kappa shape index (κ2) is 4.64. The van der Waals surface area contributed by atoms with E-state index >= 15 is 0 Å². The van der Waals surface area contributed by atoms with E-state index in [1.54, 1.807) is 12.1 Å². The van der Waals surface area contributed by atoms with Crippen molar-refractivity contribution in [2.45, 2.75) is 25.8 Å². The molecule has 0 bridgehead atoms. The standard InChI is InChI=1S/C12H20N2O/c1-3-12(14,9(2)8-13)10-5-4-6-11(15)7-10/h4-7,9,15H,3,8,13-14H2,1-2H3. The smallest absolute Gasteiger partial charge is 0.115 e. The van der Waals surface area contributed by atoms with Crippen LogP contribution in [0.25, 0.3) is 0 Å². The fourth-order valence-electron chi connectivity index (χ4n) is 1.84. The Balaban J connectivity index is 3.10. The van der Waals surface area contributed by atoms with E-state index in [4.69, 9.17) is 11.5 Å². The van der Waals surface area contributed by atoms with Crippen molar-refractivity contribution in [3.63, 3.8) is 0 Å². The van der Waals surface area contributed by atoms with Crippen LogP contribution in [0.2, 0.25) is 0 Å². The van der Waals surface area contributed by atoms with Crippen molar-refractivity contribution < 1.29 is 5.11 Å². The predicted molar refractivity (Wildman–Crippen MR) is 62.5 cm³/mol. The molecule has 1 aromatic carbocycles. The zero-order valence-corrected chi connectivity index (χ0v) is 9.40. The lowest BCUT2D eigenvalue weighted by molar-refractivity contribution is 0.290. The maximum Gasteiger partial charge on any atom is 0.115 e. The van der Waals surface area contributed by atoms with Crippen molar-refractivity contribution in [2.75, 3.05) is 6.54 Å². The minimum Gasteiger partial charge on any atom is -0.508 e. The van der Waals surface area contributed by atoms with Gasteiger partial charge in [0.1, 0.15) is 5.75 Å². The Morgan fingerprint density at radius 2 is 2.13 bits per heavy atom. The van der Waals surface area contributed by atoms with Gasteiger partial charge in [-0.2, -0.15) is 0 Å². The van der Waals surface area contributed by atoms with Gasteiger partial charge in [-0.3, -0.25) is 0 Å². The summed E-state index contributed by atoms with van der Waals surface area (Å²) in [6.45, 7) is 4.61. The van der Waals surface area contributed by atoms with Gasteiger partial charge in [-0.25, -0.2) is 0 Å². The molecule has 0 aliphatic rings. The zero-order chi connectivity index (χ0) is 11.5. The number of aromatic hydroxyl groups is 1. The molecule has 2 atom stereocenters. The molecule has 5 N–H and O–H groups in total. The molecule has 0 fully saturated rings. The van der Waals surface area contributed by atoms with Crippen molar-refractivity contribution in [3.8, 4) is 5.75 Å². The van der Waals surface area contributed by atoms with Gasteiger partial charge < -0.3 is 16.6 Å². The van der Waals surface area contributed by atoms with E-state index in [1.807, 2.05) is 26.0 Å². The first-order valence-electron chi connectivity index (χ1n) is 5.33. The van der Waals surface area contributed by atoms with Gasteiger partial charge in [-0.05, 0) is 36.6 Å².